The lowest BCUT2D eigenvalue weighted by Gasteiger charge is -2.36. The molecule has 7 heteroatoms. The molecule has 5 nitrogen and oxygen atoms in total. The number of nitrogens with one attached hydrogen (secondary N) is 2. The Balaban J connectivity index is 0.00000312. The third-order valence-corrected chi connectivity index (χ3v) is 4.36. The SMILES string of the molecule is C=CCNC(=NC)NCCCN1CCN(c2cccc(Cl)c2)CC1.I. The van der Waals surface area contributed by atoms with Gasteiger partial charge in [-0.05, 0) is 31.2 Å². The molecular weight excluding hydrogens is 449 g/mol. The molecule has 0 radical (unpaired) electrons. The van der Waals surface area contributed by atoms with E-state index < -0.39 is 0 Å². The van der Waals surface area contributed by atoms with Crippen molar-refractivity contribution in [3.05, 3.63) is 41.9 Å². The Kier molecular flexibility index (Phi) is 10.9. The molecule has 1 aromatic rings. The van der Waals surface area contributed by atoms with Crippen LogP contribution in [0.3, 0.4) is 0 Å². The summed E-state index contributed by atoms with van der Waals surface area (Å²) < 4.78 is 0. The predicted molar refractivity (Wildman–Crippen MR) is 120 cm³/mol. The number of benzene rings is 1. The van der Waals surface area contributed by atoms with Crippen LogP contribution in [0.25, 0.3) is 0 Å². The van der Waals surface area contributed by atoms with E-state index in [1.807, 2.05) is 24.3 Å². The van der Waals surface area contributed by atoms with Gasteiger partial charge in [-0.1, -0.05) is 23.7 Å². The van der Waals surface area contributed by atoms with Crippen molar-refractivity contribution in [2.45, 2.75) is 6.42 Å². The molecule has 1 saturated heterocycles. The number of guanidine groups is 1. The minimum atomic E-state index is 0. The van der Waals surface area contributed by atoms with Crippen LogP contribution in [0.15, 0.2) is 41.9 Å². The summed E-state index contributed by atoms with van der Waals surface area (Å²) in [4.78, 5) is 9.10. The minimum absolute atomic E-state index is 0. The van der Waals surface area contributed by atoms with E-state index in [1.54, 1.807) is 7.05 Å². The fourth-order valence-corrected chi connectivity index (χ4v) is 2.99. The Hall–Kier alpha value is -0.990. The number of piperazine rings is 1. The highest BCUT2D eigenvalue weighted by atomic mass is 127. The second-order valence-corrected chi connectivity index (χ2v) is 6.27. The summed E-state index contributed by atoms with van der Waals surface area (Å²) in [7, 11) is 1.79. The first-order valence-corrected chi connectivity index (χ1v) is 8.89. The van der Waals surface area contributed by atoms with Crippen LogP contribution in [0, 0.1) is 0 Å². The largest absolute Gasteiger partial charge is 0.369 e. The van der Waals surface area contributed by atoms with Crippen molar-refractivity contribution in [1.29, 1.82) is 0 Å². The van der Waals surface area contributed by atoms with Crippen molar-refractivity contribution in [2.24, 2.45) is 4.99 Å². The standard InChI is InChI=1S/C18H28ClN5.HI/c1-3-8-21-18(20-2)22-9-5-10-23-11-13-24(14-12-23)17-7-4-6-16(19)15-17;/h3-4,6-7,15H,1,5,8-14H2,2H3,(H2,20,21,22);1H. The molecule has 2 N–H and O–H groups in total. The molecule has 0 amide bonds. The number of anilines is 1. The van der Waals surface area contributed by atoms with Crippen molar-refractivity contribution in [1.82, 2.24) is 15.5 Å². The summed E-state index contributed by atoms with van der Waals surface area (Å²) in [6.07, 6.45) is 2.93. The van der Waals surface area contributed by atoms with Gasteiger partial charge in [0.15, 0.2) is 5.96 Å². The quantitative estimate of drug-likeness (QED) is 0.208. The van der Waals surface area contributed by atoms with Crippen LogP contribution in [-0.2, 0) is 0 Å². The highest BCUT2D eigenvalue weighted by molar-refractivity contribution is 14.0. The van der Waals surface area contributed by atoms with Crippen molar-refractivity contribution in [2.75, 3.05) is 57.8 Å². The molecule has 25 heavy (non-hydrogen) atoms. The monoisotopic (exact) mass is 477 g/mol. The van der Waals surface area contributed by atoms with E-state index in [-0.39, 0.29) is 24.0 Å². The van der Waals surface area contributed by atoms with E-state index in [2.05, 4.69) is 38.1 Å². The van der Waals surface area contributed by atoms with Gasteiger partial charge in [0.1, 0.15) is 0 Å². The summed E-state index contributed by atoms with van der Waals surface area (Å²) in [5.41, 5.74) is 1.22. The minimum Gasteiger partial charge on any atom is -0.369 e. The molecule has 2 rings (SSSR count). The van der Waals surface area contributed by atoms with Gasteiger partial charge in [-0.25, -0.2) is 0 Å². The maximum atomic E-state index is 6.08. The number of hydrogen-bond donors (Lipinski definition) is 2. The molecule has 0 aromatic heterocycles. The van der Waals surface area contributed by atoms with E-state index in [1.165, 1.54) is 5.69 Å². The highest BCUT2D eigenvalue weighted by Crippen LogP contribution is 2.20. The third kappa shape index (κ3) is 7.83. The zero-order chi connectivity index (χ0) is 17.2. The zero-order valence-corrected chi connectivity index (χ0v) is 18.0. The Labute approximate surface area is 173 Å². The van der Waals surface area contributed by atoms with Crippen molar-refractivity contribution in [3.63, 3.8) is 0 Å². The summed E-state index contributed by atoms with van der Waals surface area (Å²) in [5.74, 6) is 0.834. The fourth-order valence-electron chi connectivity index (χ4n) is 2.80. The molecule has 140 valence electrons. The molecule has 0 bridgehead atoms. The van der Waals surface area contributed by atoms with E-state index in [0.29, 0.717) is 0 Å². The topological polar surface area (TPSA) is 42.9 Å². The van der Waals surface area contributed by atoms with Crippen LogP contribution < -0.4 is 15.5 Å². The molecule has 1 heterocycles. The average molecular weight is 478 g/mol. The average Bonchev–Trinajstić information content (AvgIpc) is 2.61. The molecule has 0 unspecified atom stereocenters. The number of hydrogen-bond acceptors (Lipinski definition) is 3. The second kappa shape index (κ2) is 12.4. The highest BCUT2D eigenvalue weighted by Gasteiger charge is 2.16. The van der Waals surface area contributed by atoms with Gasteiger partial charge in [-0.2, -0.15) is 0 Å². The summed E-state index contributed by atoms with van der Waals surface area (Å²) >= 11 is 6.08. The van der Waals surface area contributed by atoms with Crippen LogP contribution in [0.5, 0.6) is 0 Å². The molecule has 0 atom stereocenters. The third-order valence-electron chi connectivity index (χ3n) is 4.13. The number of nitrogens with zero attached hydrogens (tertiary/aromatic N) is 3. The first-order valence-electron chi connectivity index (χ1n) is 8.51. The fraction of sp³-hybridized carbons (Fsp3) is 0.500. The van der Waals surface area contributed by atoms with E-state index in [0.717, 1.165) is 63.2 Å². The lowest BCUT2D eigenvalue weighted by Crippen LogP contribution is -2.47. The normalized spacial score (nSPS) is 15.4. The van der Waals surface area contributed by atoms with Crippen LogP contribution in [0.2, 0.25) is 5.02 Å². The van der Waals surface area contributed by atoms with Gasteiger partial charge in [-0.3, -0.25) is 9.89 Å². The van der Waals surface area contributed by atoms with Gasteiger partial charge in [0.05, 0.1) is 0 Å². The Morgan fingerprint density at radius 2 is 2.04 bits per heavy atom. The van der Waals surface area contributed by atoms with Crippen LogP contribution in [0.1, 0.15) is 6.42 Å². The van der Waals surface area contributed by atoms with Gasteiger partial charge in [-0.15, -0.1) is 30.6 Å². The molecular formula is C18H29ClIN5. The molecule has 1 aromatic carbocycles. The predicted octanol–water partition coefficient (Wildman–Crippen LogP) is 2.82. The Morgan fingerprint density at radius 3 is 2.68 bits per heavy atom. The summed E-state index contributed by atoms with van der Waals surface area (Å²) in [5, 5.41) is 7.30. The smallest absolute Gasteiger partial charge is 0.191 e. The summed E-state index contributed by atoms with van der Waals surface area (Å²) in [6, 6.07) is 8.12. The molecule has 1 fully saturated rings. The Bertz CT molecular complexity index is 544. The lowest BCUT2D eigenvalue weighted by atomic mass is 10.2. The number of rotatable bonds is 7. The van der Waals surface area contributed by atoms with E-state index in [4.69, 9.17) is 11.6 Å². The summed E-state index contributed by atoms with van der Waals surface area (Å²) in [6.45, 7) is 10.7. The Morgan fingerprint density at radius 1 is 1.28 bits per heavy atom. The molecule has 0 aliphatic carbocycles. The van der Waals surface area contributed by atoms with E-state index >= 15 is 0 Å². The van der Waals surface area contributed by atoms with Crippen molar-refractivity contribution < 1.29 is 0 Å². The molecule has 1 aliphatic rings. The van der Waals surface area contributed by atoms with E-state index in [9.17, 15) is 0 Å². The zero-order valence-electron chi connectivity index (χ0n) is 14.9. The maximum absolute atomic E-state index is 6.08. The number of halogens is 2. The van der Waals surface area contributed by atoms with Gasteiger partial charge >= 0.3 is 0 Å². The first kappa shape index (κ1) is 22.1. The number of aliphatic imine (C=N–C) groups is 1. The molecule has 0 saturated carbocycles. The second-order valence-electron chi connectivity index (χ2n) is 5.83. The van der Waals surface area contributed by atoms with Crippen LogP contribution >= 0.6 is 35.6 Å². The van der Waals surface area contributed by atoms with Gasteiger partial charge in [0.2, 0.25) is 0 Å². The van der Waals surface area contributed by atoms with Gasteiger partial charge < -0.3 is 15.5 Å². The van der Waals surface area contributed by atoms with Crippen molar-refractivity contribution in [3.8, 4) is 0 Å². The maximum Gasteiger partial charge on any atom is 0.191 e. The van der Waals surface area contributed by atoms with Gasteiger partial charge in [0, 0.05) is 57.0 Å². The lowest BCUT2D eigenvalue weighted by molar-refractivity contribution is 0.255. The molecule has 1 aliphatic heterocycles. The van der Waals surface area contributed by atoms with Crippen molar-refractivity contribution >= 4 is 47.2 Å². The van der Waals surface area contributed by atoms with Gasteiger partial charge in [0.25, 0.3) is 0 Å². The van der Waals surface area contributed by atoms with Crippen LogP contribution in [0.4, 0.5) is 5.69 Å². The first-order chi connectivity index (χ1) is 11.7. The molecule has 0 spiro atoms. The van der Waals surface area contributed by atoms with Crippen LogP contribution in [-0.4, -0.2) is 63.7 Å².